The number of hydrogen-bond acceptors (Lipinski definition) is 6. The lowest BCUT2D eigenvalue weighted by molar-refractivity contribution is -0.137. The molecule has 0 unspecified atom stereocenters. The van der Waals surface area contributed by atoms with Gasteiger partial charge in [0.15, 0.2) is 0 Å². The highest BCUT2D eigenvalue weighted by atomic mass is 32.1. The van der Waals surface area contributed by atoms with Gasteiger partial charge in [0.1, 0.15) is 23.8 Å². The van der Waals surface area contributed by atoms with Crippen molar-refractivity contribution in [1.82, 2.24) is 4.90 Å². The van der Waals surface area contributed by atoms with Crippen molar-refractivity contribution in [3.63, 3.8) is 0 Å². The third-order valence-corrected chi connectivity index (χ3v) is 5.75. The molecular weight excluding hydrogens is 412 g/mol. The normalized spacial score (nSPS) is 13.7. The van der Waals surface area contributed by atoms with Crippen LogP contribution >= 0.6 is 11.3 Å². The highest BCUT2D eigenvalue weighted by molar-refractivity contribution is 7.11. The predicted molar refractivity (Wildman–Crippen MR) is 121 cm³/mol. The zero-order valence-corrected chi connectivity index (χ0v) is 18.1. The maximum absolute atomic E-state index is 13.2. The van der Waals surface area contributed by atoms with Gasteiger partial charge in [-0.1, -0.05) is 18.2 Å². The van der Waals surface area contributed by atoms with Crippen molar-refractivity contribution >= 4 is 34.4 Å². The minimum absolute atomic E-state index is 0.150. The van der Waals surface area contributed by atoms with Gasteiger partial charge in [-0.25, -0.2) is 0 Å². The van der Waals surface area contributed by atoms with Crippen LogP contribution in [0.4, 0.5) is 5.69 Å². The molecule has 6 nitrogen and oxygen atoms in total. The Labute approximate surface area is 184 Å². The number of carbonyl (C=O) groups is 2. The zero-order chi connectivity index (χ0) is 21.8. The number of nitrogens with one attached hydrogen (secondary N) is 1. The van der Waals surface area contributed by atoms with Crippen LogP contribution in [0.25, 0.3) is 5.57 Å². The molecule has 0 saturated carbocycles. The monoisotopic (exact) mass is 434 g/mol. The Hall–Kier alpha value is -3.58. The molecule has 0 spiro atoms. The van der Waals surface area contributed by atoms with E-state index < -0.39 is 0 Å². The Morgan fingerprint density at radius 3 is 2.42 bits per heavy atom. The molecule has 1 aliphatic heterocycles. The van der Waals surface area contributed by atoms with Gasteiger partial charge in [0, 0.05) is 10.6 Å². The maximum atomic E-state index is 13.2. The summed E-state index contributed by atoms with van der Waals surface area (Å²) in [5.41, 5.74) is 2.51. The molecule has 0 saturated heterocycles. The number of carbonyl (C=O) groups excluding carboxylic acids is 2. The first-order valence-electron chi connectivity index (χ1n) is 9.81. The number of rotatable bonds is 8. The van der Waals surface area contributed by atoms with E-state index >= 15 is 0 Å². The Bertz CT molecular complexity index is 1120. The van der Waals surface area contributed by atoms with E-state index in [1.165, 1.54) is 16.2 Å². The molecule has 0 radical (unpaired) electrons. The number of ether oxygens (including phenoxy) is 2. The van der Waals surface area contributed by atoms with E-state index in [0.717, 1.165) is 21.9 Å². The summed E-state index contributed by atoms with van der Waals surface area (Å²) in [6, 6.07) is 18.6. The Balaban J connectivity index is 1.51. The van der Waals surface area contributed by atoms with Gasteiger partial charge in [0.25, 0.3) is 11.8 Å². The van der Waals surface area contributed by atoms with E-state index in [9.17, 15) is 9.59 Å². The second-order valence-corrected chi connectivity index (χ2v) is 7.96. The summed E-state index contributed by atoms with van der Waals surface area (Å²) < 4.78 is 10.9. The van der Waals surface area contributed by atoms with Crippen molar-refractivity contribution in [1.29, 1.82) is 0 Å². The van der Waals surface area contributed by atoms with Crippen LogP contribution in [0.15, 0.2) is 71.7 Å². The molecule has 1 aliphatic rings. The fraction of sp³-hybridized carbons (Fsp3) is 0.167. The van der Waals surface area contributed by atoms with Gasteiger partial charge < -0.3 is 14.8 Å². The summed E-state index contributed by atoms with van der Waals surface area (Å²) >= 11 is 1.43. The molecule has 0 aliphatic carbocycles. The largest absolute Gasteiger partial charge is 0.497 e. The standard InChI is InChI=1S/C24H22N2O4S/c1-16-5-3-6-17(15-16)25-22-21(20-7-4-14-31-20)23(27)26(24(22)28)12-13-30-19-10-8-18(29-2)9-11-19/h3-11,14-15,25H,12-13H2,1-2H3. The van der Waals surface area contributed by atoms with Gasteiger partial charge in [0.05, 0.1) is 19.2 Å². The van der Waals surface area contributed by atoms with E-state index in [4.69, 9.17) is 9.47 Å². The van der Waals surface area contributed by atoms with Crippen LogP contribution in [0.3, 0.4) is 0 Å². The minimum Gasteiger partial charge on any atom is -0.497 e. The molecule has 2 aromatic carbocycles. The van der Waals surface area contributed by atoms with Crippen molar-refractivity contribution < 1.29 is 19.1 Å². The number of imide groups is 1. The Morgan fingerprint density at radius 2 is 1.74 bits per heavy atom. The lowest BCUT2D eigenvalue weighted by atomic mass is 10.1. The minimum atomic E-state index is -0.353. The summed E-state index contributed by atoms with van der Waals surface area (Å²) in [6.45, 7) is 2.32. The van der Waals surface area contributed by atoms with Gasteiger partial charge in [0.2, 0.25) is 0 Å². The van der Waals surface area contributed by atoms with Crippen molar-refractivity contribution in [2.45, 2.75) is 6.92 Å². The number of thiophene rings is 1. The van der Waals surface area contributed by atoms with Crippen LogP contribution in [0.2, 0.25) is 0 Å². The number of anilines is 1. The molecule has 1 aromatic heterocycles. The summed E-state index contributed by atoms with van der Waals surface area (Å²) in [5.74, 6) is 0.701. The summed E-state index contributed by atoms with van der Waals surface area (Å²) in [5, 5.41) is 5.06. The highest BCUT2D eigenvalue weighted by Crippen LogP contribution is 2.33. The summed E-state index contributed by atoms with van der Waals surface area (Å²) in [6.07, 6.45) is 0. The third kappa shape index (κ3) is 4.46. The Kier molecular flexibility index (Phi) is 6.04. The van der Waals surface area contributed by atoms with Gasteiger partial charge in [-0.3, -0.25) is 14.5 Å². The first-order chi connectivity index (χ1) is 15.1. The van der Waals surface area contributed by atoms with E-state index in [0.29, 0.717) is 17.0 Å². The average molecular weight is 435 g/mol. The number of methoxy groups -OCH3 is 1. The van der Waals surface area contributed by atoms with Crippen molar-refractivity contribution in [3.05, 3.63) is 82.2 Å². The molecule has 4 rings (SSSR count). The van der Waals surface area contributed by atoms with Gasteiger partial charge in [-0.15, -0.1) is 11.3 Å². The second kappa shape index (κ2) is 9.06. The van der Waals surface area contributed by atoms with Crippen molar-refractivity contribution in [2.24, 2.45) is 0 Å². The molecule has 2 amide bonds. The topological polar surface area (TPSA) is 67.9 Å². The molecule has 2 heterocycles. The number of amides is 2. The van der Waals surface area contributed by atoms with Crippen LogP contribution in [0.1, 0.15) is 10.4 Å². The van der Waals surface area contributed by atoms with Crippen LogP contribution in [0, 0.1) is 6.92 Å². The van der Waals surface area contributed by atoms with Crippen molar-refractivity contribution in [3.8, 4) is 11.5 Å². The number of nitrogens with zero attached hydrogens (tertiary/aromatic N) is 1. The molecule has 7 heteroatoms. The molecule has 1 N–H and O–H groups in total. The van der Waals surface area contributed by atoms with Gasteiger partial charge in [-0.05, 0) is 60.3 Å². The molecular formula is C24H22N2O4S. The second-order valence-electron chi connectivity index (χ2n) is 7.01. The lowest BCUT2D eigenvalue weighted by Gasteiger charge is -2.16. The van der Waals surface area contributed by atoms with E-state index in [2.05, 4.69) is 5.32 Å². The SMILES string of the molecule is COc1ccc(OCCN2C(=O)C(Nc3cccc(C)c3)=C(c3cccs3)C2=O)cc1. The van der Waals surface area contributed by atoms with Gasteiger partial charge >= 0.3 is 0 Å². The molecule has 31 heavy (non-hydrogen) atoms. The highest BCUT2D eigenvalue weighted by Gasteiger charge is 2.39. The van der Waals surface area contributed by atoms with E-state index in [-0.39, 0.29) is 25.0 Å². The maximum Gasteiger partial charge on any atom is 0.278 e. The summed E-state index contributed by atoms with van der Waals surface area (Å²) in [4.78, 5) is 28.3. The van der Waals surface area contributed by atoms with Crippen LogP contribution in [0.5, 0.6) is 11.5 Å². The zero-order valence-electron chi connectivity index (χ0n) is 17.3. The third-order valence-electron chi connectivity index (χ3n) is 4.87. The fourth-order valence-corrected chi connectivity index (χ4v) is 4.11. The number of hydrogen-bond donors (Lipinski definition) is 1. The quantitative estimate of drug-likeness (QED) is 0.535. The molecule has 0 fully saturated rings. The van der Waals surface area contributed by atoms with Crippen LogP contribution in [-0.2, 0) is 9.59 Å². The number of benzene rings is 2. The predicted octanol–water partition coefficient (Wildman–Crippen LogP) is 4.34. The van der Waals surface area contributed by atoms with E-state index in [1.807, 2.05) is 48.7 Å². The number of aryl methyl sites for hydroxylation is 1. The smallest absolute Gasteiger partial charge is 0.278 e. The molecule has 0 atom stereocenters. The van der Waals surface area contributed by atoms with E-state index in [1.54, 1.807) is 31.4 Å². The Morgan fingerprint density at radius 1 is 0.968 bits per heavy atom. The molecule has 3 aromatic rings. The first kappa shape index (κ1) is 20.7. The molecule has 158 valence electrons. The average Bonchev–Trinajstić information content (AvgIpc) is 3.37. The fourth-order valence-electron chi connectivity index (χ4n) is 3.34. The first-order valence-corrected chi connectivity index (χ1v) is 10.7. The van der Waals surface area contributed by atoms with Crippen LogP contribution in [-0.4, -0.2) is 37.0 Å². The van der Waals surface area contributed by atoms with Crippen molar-refractivity contribution in [2.75, 3.05) is 25.6 Å². The molecule has 0 bridgehead atoms. The van der Waals surface area contributed by atoms with Crippen LogP contribution < -0.4 is 14.8 Å². The van der Waals surface area contributed by atoms with Gasteiger partial charge in [-0.2, -0.15) is 0 Å². The summed E-state index contributed by atoms with van der Waals surface area (Å²) in [7, 11) is 1.60. The lowest BCUT2D eigenvalue weighted by Crippen LogP contribution is -2.35.